The highest BCUT2D eigenvalue weighted by atomic mass is 35.5. The van der Waals surface area contributed by atoms with Gasteiger partial charge in [0.1, 0.15) is 5.76 Å². The van der Waals surface area contributed by atoms with Crippen molar-refractivity contribution in [3.8, 4) is 0 Å². The lowest BCUT2D eigenvalue weighted by molar-refractivity contribution is 0.493. The molecule has 1 rings (SSSR count). The van der Waals surface area contributed by atoms with Crippen LogP contribution in [-0.2, 0) is 5.88 Å². The first-order chi connectivity index (χ1) is 4.24. The Bertz CT molecular complexity index is 210. The summed E-state index contributed by atoms with van der Waals surface area (Å²) >= 11 is 5.52. The van der Waals surface area contributed by atoms with Crippen molar-refractivity contribution in [2.45, 2.75) is 19.7 Å². The van der Waals surface area contributed by atoms with Crippen molar-refractivity contribution < 1.29 is 4.42 Å². The van der Waals surface area contributed by atoms with Crippen LogP contribution in [0.2, 0.25) is 0 Å². The van der Waals surface area contributed by atoms with Gasteiger partial charge in [0.05, 0.1) is 11.6 Å². The van der Waals surface area contributed by atoms with E-state index < -0.39 is 0 Å². The molecule has 0 spiro atoms. The highest BCUT2D eigenvalue weighted by Gasteiger charge is 2.02. The van der Waals surface area contributed by atoms with E-state index in [4.69, 9.17) is 16.0 Å². The Balaban J connectivity index is 0.000000810. The molecule has 2 nitrogen and oxygen atoms in total. The van der Waals surface area contributed by atoms with Crippen molar-refractivity contribution in [1.29, 1.82) is 0 Å². The summed E-state index contributed by atoms with van der Waals surface area (Å²) in [6.45, 7) is 3.67. The average molecular weight is 182 g/mol. The van der Waals surface area contributed by atoms with Crippen LogP contribution in [0.4, 0.5) is 0 Å². The molecular weight excluding hydrogens is 173 g/mol. The molecule has 0 radical (unpaired) electrons. The number of halogens is 2. The van der Waals surface area contributed by atoms with Gasteiger partial charge in [-0.2, -0.15) is 0 Å². The lowest BCUT2D eigenvalue weighted by Crippen LogP contribution is -1.78. The van der Waals surface area contributed by atoms with Gasteiger partial charge in [0, 0.05) is 6.92 Å². The molecule has 0 fully saturated rings. The van der Waals surface area contributed by atoms with Gasteiger partial charge in [0.2, 0.25) is 0 Å². The molecule has 0 aliphatic rings. The molecule has 0 saturated heterocycles. The van der Waals surface area contributed by atoms with E-state index in [-0.39, 0.29) is 12.4 Å². The molecule has 58 valence electrons. The second-order valence-corrected chi connectivity index (χ2v) is 2.14. The van der Waals surface area contributed by atoms with Crippen LogP contribution in [0.3, 0.4) is 0 Å². The molecule has 0 aliphatic carbocycles. The number of aryl methyl sites for hydroxylation is 2. The van der Waals surface area contributed by atoms with Crippen LogP contribution in [0.25, 0.3) is 0 Å². The van der Waals surface area contributed by atoms with Crippen LogP contribution >= 0.6 is 24.0 Å². The predicted molar refractivity (Wildman–Crippen MR) is 42.8 cm³/mol. The first-order valence-corrected chi connectivity index (χ1v) is 3.26. The van der Waals surface area contributed by atoms with Crippen LogP contribution in [0.15, 0.2) is 4.42 Å². The average Bonchev–Trinajstić information content (AvgIpc) is 2.10. The van der Waals surface area contributed by atoms with Crippen LogP contribution in [-0.4, -0.2) is 4.98 Å². The zero-order chi connectivity index (χ0) is 6.85. The van der Waals surface area contributed by atoms with Gasteiger partial charge < -0.3 is 4.42 Å². The third-order valence-electron chi connectivity index (χ3n) is 1.13. The molecule has 0 atom stereocenters. The minimum Gasteiger partial charge on any atom is -0.446 e. The predicted octanol–water partition coefficient (Wildman–Crippen LogP) is 2.45. The fourth-order valence-corrected chi connectivity index (χ4v) is 0.944. The van der Waals surface area contributed by atoms with Crippen molar-refractivity contribution in [1.82, 2.24) is 4.98 Å². The summed E-state index contributed by atoms with van der Waals surface area (Å²) in [5, 5.41) is 0. The van der Waals surface area contributed by atoms with Crippen LogP contribution in [0, 0.1) is 13.8 Å². The van der Waals surface area contributed by atoms with E-state index in [0.717, 1.165) is 11.5 Å². The Morgan fingerprint density at radius 3 is 2.30 bits per heavy atom. The summed E-state index contributed by atoms with van der Waals surface area (Å²) in [7, 11) is 0. The Morgan fingerprint density at radius 2 is 2.10 bits per heavy atom. The van der Waals surface area contributed by atoms with E-state index in [9.17, 15) is 0 Å². The second kappa shape index (κ2) is 3.84. The first-order valence-electron chi connectivity index (χ1n) is 2.73. The van der Waals surface area contributed by atoms with Gasteiger partial charge in [-0.05, 0) is 6.92 Å². The zero-order valence-corrected chi connectivity index (χ0v) is 7.42. The highest BCUT2D eigenvalue weighted by molar-refractivity contribution is 6.16. The van der Waals surface area contributed by atoms with Gasteiger partial charge >= 0.3 is 0 Å². The van der Waals surface area contributed by atoms with Gasteiger partial charge in [0.25, 0.3) is 0 Å². The third-order valence-corrected chi connectivity index (χ3v) is 1.38. The molecule has 10 heavy (non-hydrogen) atoms. The summed E-state index contributed by atoms with van der Waals surface area (Å²) in [5.41, 5.74) is 0.842. The lowest BCUT2D eigenvalue weighted by Gasteiger charge is -1.82. The summed E-state index contributed by atoms with van der Waals surface area (Å²) in [6.07, 6.45) is 0. The van der Waals surface area contributed by atoms with Crippen molar-refractivity contribution in [2.24, 2.45) is 0 Å². The number of hydrogen-bond donors (Lipinski definition) is 0. The first kappa shape index (κ1) is 9.79. The minimum absolute atomic E-state index is 0. The fraction of sp³-hybridized carbons (Fsp3) is 0.500. The molecular formula is C6H9Cl2NO. The van der Waals surface area contributed by atoms with Gasteiger partial charge in [0.15, 0.2) is 5.89 Å². The van der Waals surface area contributed by atoms with E-state index in [1.807, 2.05) is 13.8 Å². The number of alkyl halides is 1. The van der Waals surface area contributed by atoms with Crippen LogP contribution < -0.4 is 0 Å². The molecule has 0 N–H and O–H groups in total. The maximum Gasteiger partial charge on any atom is 0.191 e. The monoisotopic (exact) mass is 181 g/mol. The maximum atomic E-state index is 5.52. The Hall–Kier alpha value is -0.210. The molecule has 4 heteroatoms. The van der Waals surface area contributed by atoms with Crippen molar-refractivity contribution in [3.05, 3.63) is 17.3 Å². The maximum absolute atomic E-state index is 5.52. The van der Waals surface area contributed by atoms with Crippen molar-refractivity contribution in [3.63, 3.8) is 0 Å². The van der Waals surface area contributed by atoms with Gasteiger partial charge in [-0.1, -0.05) is 0 Å². The van der Waals surface area contributed by atoms with E-state index in [0.29, 0.717) is 11.8 Å². The van der Waals surface area contributed by atoms with Crippen molar-refractivity contribution in [2.75, 3.05) is 0 Å². The fourth-order valence-electron chi connectivity index (χ4n) is 0.696. The van der Waals surface area contributed by atoms with Gasteiger partial charge in [-0.15, -0.1) is 24.0 Å². The summed E-state index contributed by atoms with van der Waals surface area (Å²) in [6, 6.07) is 0. The minimum atomic E-state index is 0. The zero-order valence-electron chi connectivity index (χ0n) is 5.85. The molecule has 0 bridgehead atoms. The van der Waals surface area contributed by atoms with Gasteiger partial charge in [-0.25, -0.2) is 4.98 Å². The summed E-state index contributed by atoms with van der Waals surface area (Å²) < 4.78 is 5.11. The number of nitrogens with zero attached hydrogens (tertiary/aromatic N) is 1. The smallest absolute Gasteiger partial charge is 0.191 e. The number of hydrogen-bond acceptors (Lipinski definition) is 2. The highest BCUT2D eigenvalue weighted by Crippen LogP contribution is 2.10. The number of rotatable bonds is 1. The van der Waals surface area contributed by atoms with Crippen molar-refractivity contribution >= 4 is 24.0 Å². The van der Waals surface area contributed by atoms with E-state index in [2.05, 4.69) is 4.98 Å². The SMILES string of the molecule is Cc1nc(CCl)c(C)o1.Cl. The Kier molecular flexibility index (Phi) is 3.76. The quantitative estimate of drug-likeness (QED) is 0.623. The van der Waals surface area contributed by atoms with E-state index in [1.165, 1.54) is 0 Å². The molecule has 0 aromatic carbocycles. The van der Waals surface area contributed by atoms with Crippen LogP contribution in [0.1, 0.15) is 17.3 Å². The molecule has 0 aliphatic heterocycles. The molecule has 1 aromatic heterocycles. The molecule has 0 amide bonds. The molecule has 1 aromatic rings. The molecule has 1 heterocycles. The topological polar surface area (TPSA) is 26.0 Å². The third kappa shape index (κ3) is 1.89. The number of oxazole rings is 1. The molecule has 0 saturated carbocycles. The Morgan fingerprint density at radius 1 is 1.50 bits per heavy atom. The number of aromatic nitrogens is 1. The van der Waals surface area contributed by atoms with Gasteiger partial charge in [-0.3, -0.25) is 0 Å². The largest absolute Gasteiger partial charge is 0.446 e. The standard InChI is InChI=1S/C6H8ClNO.ClH/c1-4-6(3-7)8-5(2)9-4;/h3H2,1-2H3;1H. The van der Waals surface area contributed by atoms with Crippen LogP contribution in [0.5, 0.6) is 0 Å². The summed E-state index contributed by atoms with van der Waals surface area (Å²) in [5.74, 6) is 1.94. The van der Waals surface area contributed by atoms with E-state index in [1.54, 1.807) is 0 Å². The lowest BCUT2D eigenvalue weighted by atomic mass is 10.4. The molecule has 0 unspecified atom stereocenters. The Labute approximate surface area is 71.0 Å². The summed E-state index contributed by atoms with van der Waals surface area (Å²) in [4.78, 5) is 4.03. The van der Waals surface area contributed by atoms with E-state index >= 15 is 0 Å². The normalized spacial score (nSPS) is 9.10. The second-order valence-electron chi connectivity index (χ2n) is 1.87.